The van der Waals surface area contributed by atoms with Gasteiger partial charge in [-0.15, -0.1) is 0 Å². The van der Waals surface area contributed by atoms with Gasteiger partial charge >= 0.3 is 0 Å². The van der Waals surface area contributed by atoms with E-state index < -0.39 is 0 Å². The molecule has 0 radical (unpaired) electrons. The first-order valence-corrected chi connectivity index (χ1v) is 9.63. The molecule has 0 aromatic heterocycles. The fourth-order valence-electron chi connectivity index (χ4n) is 4.12. The molecule has 1 aliphatic carbocycles. The predicted octanol–water partition coefficient (Wildman–Crippen LogP) is 2.17. The third-order valence-electron chi connectivity index (χ3n) is 5.56. The Kier molecular flexibility index (Phi) is 6.52. The topological polar surface area (TPSA) is 27.7 Å². The van der Waals surface area contributed by atoms with Crippen LogP contribution in [0, 0.1) is 0 Å². The summed E-state index contributed by atoms with van der Waals surface area (Å²) in [6.45, 7) is 10.6. The van der Waals surface area contributed by atoms with E-state index in [0.29, 0.717) is 6.04 Å². The van der Waals surface area contributed by atoms with E-state index in [1.807, 2.05) is 0 Å². The smallest absolute Gasteiger partial charge is 0.119 e. The second-order valence-electron chi connectivity index (χ2n) is 7.16. The average Bonchev–Trinajstić information content (AvgIpc) is 2.65. The molecule has 3 rings (SSSR count). The Bertz CT molecular complexity index is 514. The number of nitrogens with one attached hydrogen (secondary N) is 1. The Hall–Kier alpha value is -1.10. The molecule has 4 nitrogen and oxygen atoms in total. The van der Waals surface area contributed by atoms with Crippen LogP contribution in [0.4, 0.5) is 0 Å². The Balaban J connectivity index is 1.60. The molecule has 1 aromatic rings. The minimum Gasteiger partial charge on any atom is -0.497 e. The molecule has 134 valence electrons. The zero-order valence-corrected chi connectivity index (χ0v) is 15.4. The normalized spacial score (nSPS) is 21.7. The molecule has 1 atom stereocenters. The van der Waals surface area contributed by atoms with Crippen molar-refractivity contribution < 1.29 is 4.74 Å². The van der Waals surface area contributed by atoms with Crippen molar-refractivity contribution in [2.45, 2.75) is 38.6 Å². The van der Waals surface area contributed by atoms with E-state index in [0.717, 1.165) is 18.8 Å². The van der Waals surface area contributed by atoms with Gasteiger partial charge in [0.25, 0.3) is 0 Å². The molecule has 1 aromatic carbocycles. The Morgan fingerprint density at radius 1 is 1.21 bits per heavy atom. The molecule has 24 heavy (non-hydrogen) atoms. The van der Waals surface area contributed by atoms with E-state index in [1.165, 1.54) is 69.5 Å². The number of hydrogen-bond donors (Lipinski definition) is 1. The van der Waals surface area contributed by atoms with Crippen molar-refractivity contribution in [1.29, 1.82) is 0 Å². The van der Waals surface area contributed by atoms with Gasteiger partial charge in [-0.05, 0) is 55.5 Å². The van der Waals surface area contributed by atoms with Crippen molar-refractivity contribution in [3.05, 3.63) is 29.3 Å². The second kappa shape index (κ2) is 8.84. The molecule has 1 N–H and O–H groups in total. The lowest BCUT2D eigenvalue weighted by Crippen LogP contribution is -2.48. The third kappa shape index (κ3) is 4.50. The molecule has 0 saturated carbocycles. The molecule has 4 heteroatoms. The van der Waals surface area contributed by atoms with Gasteiger partial charge in [0.15, 0.2) is 0 Å². The highest BCUT2D eigenvalue weighted by Gasteiger charge is 2.24. The van der Waals surface area contributed by atoms with Gasteiger partial charge in [0.2, 0.25) is 0 Å². The van der Waals surface area contributed by atoms with E-state index >= 15 is 0 Å². The van der Waals surface area contributed by atoms with Crippen molar-refractivity contribution in [3.63, 3.8) is 0 Å². The van der Waals surface area contributed by atoms with Gasteiger partial charge < -0.3 is 10.1 Å². The molecule has 1 saturated heterocycles. The van der Waals surface area contributed by atoms with Crippen LogP contribution in [0.15, 0.2) is 18.2 Å². The first-order chi connectivity index (χ1) is 11.8. The average molecular weight is 332 g/mol. The standard InChI is InChI=1S/C20H33N3O/c1-3-10-23(14-13-22-11-8-21-9-12-22)19-6-4-17-5-7-20(24-2)16-18(17)15-19/h5,7,16,19,21H,3-4,6,8-15H2,1-2H3/t19-/m1/s1. The minimum absolute atomic E-state index is 0.687. The highest BCUT2D eigenvalue weighted by atomic mass is 16.5. The molecule has 0 bridgehead atoms. The van der Waals surface area contributed by atoms with E-state index in [4.69, 9.17) is 4.74 Å². The predicted molar refractivity (Wildman–Crippen MR) is 100.0 cm³/mol. The maximum Gasteiger partial charge on any atom is 0.119 e. The number of rotatable bonds is 7. The quantitative estimate of drug-likeness (QED) is 0.829. The maximum atomic E-state index is 5.42. The van der Waals surface area contributed by atoms with Gasteiger partial charge in [-0.3, -0.25) is 9.80 Å². The fraction of sp³-hybridized carbons (Fsp3) is 0.700. The van der Waals surface area contributed by atoms with Crippen molar-refractivity contribution >= 4 is 0 Å². The summed E-state index contributed by atoms with van der Waals surface area (Å²) in [6, 6.07) is 7.30. The molecule has 2 aliphatic rings. The van der Waals surface area contributed by atoms with Crippen molar-refractivity contribution in [3.8, 4) is 5.75 Å². The summed E-state index contributed by atoms with van der Waals surface area (Å²) < 4.78 is 5.42. The Morgan fingerprint density at radius 3 is 2.79 bits per heavy atom. The summed E-state index contributed by atoms with van der Waals surface area (Å²) in [5.74, 6) is 0.997. The Morgan fingerprint density at radius 2 is 2.04 bits per heavy atom. The molecule has 0 unspecified atom stereocenters. The number of piperazine rings is 1. The van der Waals surface area contributed by atoms with Crippen LogP contribution in [0.2, 0.25) is 0 Å². The lowest BCUT2D eigenvalue weighted by molar-refractivity contribution is 0.142. The molecular weight excluding hydrogens is 298 g/mol. The number of hydrogen-bond acceptors (Lipinski definition) is 4. The number of methoxy groups -OCH3 is 1. The summed E-state index contributed by atoms with van der Waals surface area (Å²) >= 11 is 0. The molecule has 1 fully saturated rings. The largest absolute Gasteiger partial charge is 0.497 e. The zero-order valence-electron chi connectivity index (χ0n) is 15.4. The van der Waals surface area contributed by atoms with Gasteiger partial charge in [-0.1, -0.05) is 13.0 Å². The molecule has 1 heterocycles. The van der Waals surface area contributed by atoms with Crippen LogP contribution in [0.1, 0.15) is 30.9 Å². The van der Waals surface area contributed by atoms with Crippen LogP contribution in [-0.2, 0) is 12.8 Å². The monoisotopic (exact) mass is 331 g/mol. The van der Waals surface area contributed by atoms with Gasteiger partial charge in [0, 0.05) is 45.3 Å². The SMILES string of the molecule is CCCN(CCN1CCNCC1)[C@@H]1CCc2ccc(OC)cc2C1. The van der Waals surface area contributed by atoms with Crippen LogP contribution in [0.25, 0.3) is 0 Å². The van der Waals surface area contributed by atoms with Crippen LogP contribution >= 0.6 is 0 Å². The number of ether oxygens (including phenoxy) is 1. The summed E-state index contributed by atoms with van der Waals surface area (Å²) in [7, 11) is 1.76. The lowest BCUT2D eigenvalue weighted by Gasteiger charge is -2.37. The van der Waals surface area contributed by atoms with Crippen LogP contribution < -0.4 is 10.1 Å². The summed E-state index contributed by atoms with van der Waals surface area (Å²) in [5, 5.41) is 3.45. The van der Waals surface area contributed by atoms with Crippen molar-refractivity contribution in [2.24, 2.45) is 0 Å². The van der Waals surface area contributed by atoms with Crippen molar-refractivity contribution in [1.82, 2.24) is 15.1 Å². The molecule has 0 amide bonds. The zero-order chi connectivity index (χ0) is 16.8. The summed E-state index contributed by atoms with van der Waals surface area (Å²) in [4.78, 5) is 5.35. The second-order valence-corrected chi connectivity index (χ2v) is 7.16. The van der Waals surface area contributed by atoms with Gasteiger partial charge in [0.05, 0.1) is 7.11 Å². The number of benzene rings is 1. The summed E-state index contributed by atoms with van der Waals surface area (Å²) in [6.07, 6.45) is 4.91. The van der Waals surface area contributed by atoms with Gasteiger partial charge in [0.1, 0.15) is 5.75 Å². The number of fused-ring (bicyclic) bond motifs is 1. The number of nitrogens with zero attached hydrogens (tertiary/aromatic N) is 2. The van der Waals surface area contributed by atoms with Gasteiger partial charge in [-0.2, -0.15) is 0 Å². The third-order valence-corrected chi connectivity index (χ3v) is 5.56. The van der Waals surface area contributed by atoms with Crippen LogP contribution in [0.5, 0.6) is 5.75 Å². The first kappa shape index (κ1) is 17.7. The highest BCUT2D eigenvalue weighted by molar-refractivity contribution is 5.37. The Labute approximate surface area is 147 Å². The first-order valence-electron chi connectivity index (χ1n) is 9.63. The van der Waals surface area contributed by atoms with Gasteiger partial charge in [-0.25, -0.2) is 0 Å². The van der Waals surface area contributed by atoms with Crippen LogP contribution in [0.3, 0.4) is 0 Å². The number of aryl methyl sites for hydroxylation is 1. The lowest BCUT2D eigenvalue weighted by atomic mass is 9.87. The summed E-state index contributed by atoms with van der Waals surface area (Å²) in [5.41, 5.74) is 3.01. The molecule has 0 spiro atoms. The van der Waals surface area contributed by atoms with E-state index in [9.17, 15) is 0 Å². The highest BCUT2D eigenvalue weighted by Crippen LogP contribution is 2.28. The fourth-order valence-corrected chi connectivity index (χ4v) is 4.12. The minimum atomic E-state index is 0.687. The molecular formula is C20H33N3O. The van der Waals surface area contributed by atoms with E-state index in [2.05, 4.69) is 40.2 Å². The van der Waals surface area contributed by atoms with Crippen LogP contribution in [-0.4, -0.2) is 68.8 Å². The van der Waals surface area contributed by atoms with E-state index in [-0.39, 0.29) is 0 Å². The molecule has 1 aliphatic heterocycles. The van der Waals surface area contributed by atoms with Crippen molar-refractivity contribution in [2.75, 3.05) is 52.9 Å². The van der Waals surface area contributed by atoms with E-state index in [1.54, 1.807) is 7.11 Å². The maximum absolute atomic E-state index is 5.42.